The zero-order valence-electron chi connectivity index (χ0n) is 27.6. The summed E-state index contributed by atoms with van der Waals surface area (Å²) in [4.78, 5) is 12.4. The summed E-state index contributed by atoms with van der Waals surface area (Å²) in [7, 11) is -4.30. The topological polar surface area (TPSA) is 104 Å². The average molecular weight is 616 g/mol. The van der Waals surface area contributed by atoms with Crippen LogP contribution in [-0.4, -0.2) is 41.9 Å². The quantitative estimate of drug-likeness (QED) is 0.0397. The highest BCUT2D eigenvalue weighted by Crippen LogP contribution is 2.16. The van der Waals surface area contributed by atoms with E-state index in [1.165, 1.54) is 96.3 Å². The van der Waals surface area contributed by atoms with E-state index in [-0.39, 0.29) is 5.91 Å². The normalized spacial score (nSPS) is 13.5. The maximum atomic E-state index is 12.4. The summed E-state index contributed by atoms with van der Waals surface area (Å²) in [5.41, 5.74) is 0. The highest BCUT2D eigenvalue weighted by atomic mass is 32.2. The number of aliphatic hydroxyl groups excluding tert-OH is 1. The number of unbranched alkanes of at least 4 members (excludes halogenated alkanes) is 22. The van der Waals surface area contributed by atoms with Crippen molar-refractivity contribution in [3.63, 3.8) is 0 Å². The SMILES string of the molecule is CCC/C=C\CCCCCCCC(=O)NC(CS(=O)(=O)O)C(O)CCCCCCCCCCCCCCCCCCC. The van der Waals surface area contributed by atoms with Crippen LogP contribution in [0, 0.1) is 0 Å². The van der Waals surface area contributed by atoms with Gasteiger partial charge < -0.3 is 10.4 Å². The molecule has 42 heavy (non-hydrogen) atoms. The molecule has 3 N–H and O–H groups in total. The second-order valence-electron chi connectivity index (χ2n) is 12.5. The van der Waals surface area contributed by atoms with Crippen LogP contribution >= 0.6 is 0 Å². The van der Waals surface area contributed by atoms with E-state index < -0.39 is 28.0 Å². The number of hydrogen-bond donors (Lipinski definition) is 3. The minimum Gasteiger partial charge on any atom is -0.391 e. The van der Waals surface area contributed by atoms with Gasteiger partial charge in [0.1, 0.15) is 0 Å². The number of hydrogen-bond acceptors (Lipinski definition) is 4. The van der Waals surface area contributed by atoms with E-state index in [0.717, 1.165) is 64.2 Å². The Kier molecular flexibility index (Phi) is 29.5. The lowest BCUT2D eigenvalue weighted by molar-refractivity contribution is -0.122. The number of carbonyl (C=O) groups excluding carboxylic acids is 1. The molecule has 0 spiro atoms. The molecule has 0 aliphatic heterocycles. The molecule has 6 nitrogen and oxygen atoms in total. The smallest absolute Gasteiger partial charge is 0.266 e. The lowest BCUT2D eigenvalue weighted by atomic mass is 10.0. The van der Waals surface area contributed by atoms with Gasteiger partial charge >= 0.3 is 0 Å². The summed E-state index contributed by atoms with van der Waals surface area (Å²) in [6, 6.07) is -0.969. The van der Waals surface area contributed by atoms with Crippen molar-refractivity contribution in [3.05, 3.63) is 12.2 Å². The van der Waals surface area contributed by atoms with E-state index >= 15 is 0 Å². The fraction of sp³-hybridized carbons (Fsp3) is 0.914. The number of allylic oxidation sites excluding steroid dienone is 2. The third kappa shape index (κ3) is 30.5. The summed E-state index contributed by atoms with van der Waals surface area (Å²) >= 11 is 0. The minimum absolute atomic E-state index is 0.257. The van der Waals surface area contributed by atoms with Gasteiger partial charge in [0.2, 0.25) is 5.91 Å². The number of amides is 1. The minimum atomic E-state index is -4.30. The Morgan fingerprint density at radius 2 is 1.05 bits per heavy atom. The molecule has 0 aliphatic carbocycles. The molecular formula is C35H69NO5S. The van der Waals surface area contributed by atoms with E-state index in [2.05, 4.69) is 31.3 Å². The van der Waals surface area contributed by atoms with Crippen molar-refractivity contribution < 1.29 is 22.9 Å². The zero-order valence-corrected chi connectivity index (χ0v) is 28.5. The van der Waals surface area contributed by atoms with Crippen LogP contribution < -0.4 is 5.32 Å². The van der Waals surface area contributed by atoms with E-state index in [0.29, 0.717) is 12.8 Å². The number of nitrogens with one attached hydrogen (secondary N) is 1. The Morgan fingerprint density at radius 3 is 1.52 bits per heavy atom. The Hall–Kier alpha value is -0.920. The van der Waals surface area contributed by atoms with Crippen molar-refractivity contribution in [3.8, 4) is 0 Å². The molecule has 0 saturated carbocycles. The molecule has 0 aromatic rings. The van der Waals surface area contributed by atoms with Gasteiger partial charge in [0.25, 0.3) is 10.1 Å². The molecule has 0 saturated heterocycles. The predicted molar refractivity (Wildman–Crippen MR) is 180 cm³/mol. The molecule has 7 heteroatoms. The maximum absolute atomic E-state index is 12.4. The van der Waals surface area contributed by atoms with Crippen molar-refractivity contribution in [2.24, 2.45) is 0 Å². The molecule has 2 atom stereocenters. The monoisotopic (exact) mass is 615 g/mol. The van der Waals surface area contributed by atoms with Gasteiger partial charge in [0.05, 0.1) is 17.9 Å². The lowest BCUT2D eigenvalue weighted by Gasteiger charge is -2.23. The molecule has 0 heterocycles. The van der Waals surface area contributed by atoms with Crippen molar-refractivity contribution in [1.82, 2.24) is 5.32 Å². The van der Waals surface area contributed by atoms with Crippen LogP contribution in [0.1, 0.15) is 187 Å². The molecular weight excluding hydrogens is 546 g/mol. The molecule has 2 unspecified atom stereocenters. The summed E-state index contributed by atoms with van der Waals surface area (Å²) < 4.78 is 32.3. The van der Waals surface area contributed by atoms with Crippen LogP contribution in [-0.2, 0) is 14.9 Å². The molecule has 0 aromatic heterocycles. The first-order chi connectivity index (χ1) is 20.3. The van der Waals surface area contributed by atoms with Gasteiger partial charge in [-0.15, -0.1) is 0 Å². The highest BCUT2D eigenvalue weighted by Gasteiger charge is 2.26. The molecule has 0 bridgehead atoms. The zero-order chi connectivity index (χ0) is 31.2. The van der Waals surface area contributed by atoms with E-state index in [4.69, 9.17) is 0 Å². The van der Waals surface area contributed by atoms with E-state index in [1.807, 2.05) is 0 Å². The number of carbonyl (C=O) groups is 1. The van der Waals surface area contributed by atoms with Gasteiger partial charge in [-0.3, -0.25) is 9.35 Å². The largest absolute Gasteiger partial charge is 0.391 e. The van der Waals surface area contributed by atoms with Crippen molar-refractivity contribution >= 4 is 16.0 Å². The molecule has 0 fully saturated rings. The summed E-state index contributed by atoms with van der Waals surface area (Å²) in [5, 5.41) is 13.3. The fourth-order valence-electron chi connectivity index (χ4n) is 5.51. The van der Waals surface area contributed by atoms with E-state index in [1.54, 1.807) is 0 Å². The van der Waals surface area contributed by atoms with Gasteiger partial charge in [-0.1, -0.05) is 161 Å². The Balaban J connectivity index is 3.88. The summed E-state index contributed by atoms with van der Waals surface area (Å²) in [6.45, 7) is 4.44. The van der Waals surface area contributed by atoms with Crippen LogP contribution in [0.3, 0.4) is 0 Å². The van der Waals surface area contributed by atoms with Crippen LogP contribution in [0.15, 0.2) is 12.2 Å². The van der Waals surface area contributed by atoms with Gasteiger partial charge in [0.15, 0.2) is 0 Å². The molecule has 1 amide bonds. The second kappa shape index (κ2) is 30.1. The molecule has 250 valence electrons. The standard InChI is InChI=1S/C35H69NO5S/c1-3-5-7-9-11-13-15-16-17-18-19-20-21-22-24-26-28-30-34(37)33(32-42(39,40)41)36-35(38)31-29-27-25-23-14-12-10-8-6-4-2/h8,10,33-34,37H,3-7,9,11-32H2,1-2H3,(H,36,38)(H,39,40,41)/b10-8-. The van der Waals surface area contributed by atoms with Gasteiger partial charge in [-0.05, 0) is 32.1 Å². The van der Waals surface area contributed by atoms with Crippen LogP contribution in [0.4, 0.5) is 0 Å². The van der Waals surface area contributed by atoms with Crippen LogP contribution in [0.2, 0.25) is 0 Å². The predicted octanol–water partition coefficient (Wildman–Crippen LogP) is 9.85. The summed E-state index contributed by atoms with van der Waals surface area (Å²) in [6.07, 6.45) is 34.5. The Bertz CT molecular complexity index is 725. The van der Waals surface area contributed by atoms with Crippen molar-refractivity contribution in [2.75, 3.05) is 5.75 Å². The Labute approximate surface area is 261 Å². The molecule has 0 rings (SSSR count). The van der Waals surface area contributed by atoms with Crippen LogP contribution in [0.25, 0.3) is 0 Å². The first-order valence-corrected chi connectivity index (χ1v) is 19.5. The molecule has 0 radical (unpaired) electrons. The van der Waals surface area contributed by atoms with Crippen molar-refractivity contribution in [2.45, 2.75) is 199 Å². The van der Waals surface area contributed by atoms with Gasteiger partial charge in [-0.25, -0.2) is 0 Å². The first-order valence-electron chi connectivity index (χ1n) is 17.9. The third-order valence-corrected chi connectivity index (χ3v) is 8.98. The van der Waals surface area contributed by atoms with Gasteiger partial charge in [-0.2, -0.15) is 8.42 Å². The molecule has 0 aliphatic rings. The second-order valence-corrected chi connectivity index (χ2v) is 14.0. The molecule has 0 aromatic carbocycles. The number of aliphatic hydroxyl groups is 1. The average Bonchev–Trinajstić information content (AvgIpc) is 2.94. The van der Waals surface area contributed by atoms with Crippen molar-refractivity contribution in [1.29, 1.82) is 0 Å². The lowest BCUT2D eigenvalue weighted by Crippen LogP contribution is -2.47. The highest BCUT2D eigenvalue weighted by molar-refractivity contribution is 7.85. The van der Waals surface area contributed by atoms with Crippen LogP contribution in [0.5, 0.6) is 0 Å². The maximum Gasteiger partial charge on any atom is 0.266 e. The summed E-state index contributed by atoms with van der Waals surface area (Å²) in [5.74, 6) is -0.905. The number of rotatable bonds is 32. The van der Waals surface area contributed by atoms with E-state index in [9.17, 15) is 22.9 Å². The fourth-order valence-corrected chi connectivity index (χ4v) is 6.27. The Morgan fingerprint density at radius 1 is 0.619 bits per heavy atom. The third-order valence-electron chi connectivity index (χ3n) is 8.20. The van der Waals surface area contributed by atoms with Gasteiger partial charge in [0, 0.05) is 6.42 Å². The first kappa shape index (κ1) is 41.1.